The molecule has 0 aromatic carbocycles. The summed E-state index contributed by atoms with van der Waals surface area (Å²) in [6, 6.07) is 0. The van der Waals surface area contributed by atoms with E-state index in [1.165, 1.54) is 38.5 Å². The summed E-state index contributed by atoms with van der Waals surface area (Å²) in [4.78, 5) is 9.81. The predicted molar refractivity (Wildman–Crippen MR) is 240 cm³/mol. The Bertz CT molecular complexity index is 789. The Morgan fingerprint density at radius 3 is 1.20 bits per heavy atom. The summed E-state index contributed by atoms with van der Waals surface area (Å²) >= 11 is 0. The van der Waals surface area contributed by atoms with Gasteiger partial charge in [0.25, 0.3) is 0 Å². The second-order valence-electron chi connectivity index (χ2n) is 17.0. The molecule has 0 unspecified atom stereocenters. The molecule has 0 heterocycles. The van der Waals surface area contributed by atoms with Crippen LogP contribution in [-0.2, 0) is 32.6 Å². The molecule has 0 aliphatic rings. The molecule has 0 aliphatic carbocycles. The summed E-state index contributed by atoms with van der Waals surface area (Å²) in [5.74, 6) is 0. The number of unbranched alkanes of at least 4 members (excludes halogenated alkanes) is 5. The Balaban J connectivity index is -0.000000802. The molecule has 0 saturated heterocycles. The number of hydrogen-bond acceptors (Lipinski definition) is 12. The Hall–Kier alpha value is -0.336. The van der Waals surface area contributed by atoms with Crippen molar-refractivity contribution in [2.24, 2.45) is 5.73 Å². The lowest BCUT2D eigenvalue weighted by Gasteiger charge is -2.36. The van der Waals surface area contributed by atoms with Crippen LogP contribution >= 0.6 is 0 Å². The SMILES string of the molecule is CC(C)(C)[Si](C)(C)OCCNCCCCCNCCN.COCCOCCCC=O.COCCOCCCNCCCCCNCCO[Si](C)(C)C(C)(C)C. The molecule has 12 nitrogen and oxygen atoms in total. The van der Waals surface area contributed by atoms with Crippen molar-refractivity contribution in [3.63, 3.8) is 0 Å². The summed E-state index contributed by atoms with van der Waals surface area (Å²) in [5, 5.41) is 14.4. The van der Waals surface area contributed by atoms with Gasteiger partial charge in [-0.25, -0.2) is 0 Å². The summed E-state index contributed by atoms with van der Waals surface area (Å²) in [5.41, 5.74) is 5.41. The molecule has 0 aromatic rings. The molecule has 0 aliphatic heterocycles. The van der Waals surface area contributed by atoms with E-state index in [1.807, 2.05) is 0 Å². The molecule has 0 aromatic heterocycles. The van der Waals surface area contributed by atoms with Gasteiger partial charge in [0.1, 0.15) is 6.29 Å². The number of carbonyl (C=O) groups excluding carboxylic acids is 1. The molecule has 0 amide bonds. The van der Waals surface area contributed by atoms with Crippen LogP contribution in [0.3, 0.4) is 0 Å². The topological polar surface area (TPSA) is 147 Å². The van der Waals surface area contributed by atoms with Crippen LogP contribution in [0.2, 0.25) is 36.3 Å². The fourth-order valence-corrected chi connectivity index (χ4v) is 6.29. The summed E-state index contributed by atoms with van der Waals surface area (Å²) in [7, 11) is 0.199. The lowest BCUT2D eigenvalue weighted by Crippen LogP contribution is -2.42. The number of ether oxygens (including phenoxy) is 4. The first kappa shape index (κ1) is 59.0. The largest absolute Gasteiger partial charge is 0.416 e. The average Bonchev–Trinajstić information content (AvgIpc) is 3.11. The number of nitrogens with one attached hydrogen (secondary N) is 4. The number of nitrogens with two attached hydrogens (primary N) is 1. The van der Waals surface area contributed by atoms with Gasteiger partial charge in [-0.05, 0) is 108 Å². The molecule has 14 heteroatoms. The van der Waals surface area contributed by atoms with E-state index in [2.05, 4.69) is 89.0 Å². The van der Waals surface area contributed by atoms with Gasteiger partial charge in [0.15, 0.2) is 16.6 Å². The molecular weight excluding hydrogens is 731 g/mol. The van der Waals surface area contributed by atoms with E-state index in [-0.39, 0.29) is 0 Å². The Labute approximate surface area is 343 Å². The quantitative estimate of drug-likeness (QED) is 0.0273. The molecular formula is C41H95N5O7Si2. The van der Waals surface area contributed by atoms with Crippen molar-refractivity contribution in [1.82, 2.24) is 21.3 Å². The van der Waals surface area contributed by atoms with Crippen LogP contribution < -0.4 is 27.0 Å². The van der Waals surface area contributed by atoms with Gasteiger partial charge in [0.2, 0.25) is 0 Å². The Morgan fingerprint density at radius 1 is 0.473 bits per heavy atom. The van der Waals surface area contributed by atoms with E-state index in [0.29, 0.717) is 49.5 Å². The van der Waals surface area contributed by atoms with Crippen molar-refractivity contribution < 1.29 is 32.6 Å². The molecule has 0 bridgehead atoms. The molecule has 0 spiro atoms. The van der Waals surface area contributed by atoms with E-state index in [4.69, 9.17) is 33.5 Å². The van der Waals surface area contributed by atoms with Crippen molar-refractivity contribution in [3.8, 4) is 0 Å². The standard InChI is InChI=1S/C19H44N2O3Si.C15H37N3OSi.C7H14O3/c1-19(2,3)25(5,6)24-16-14-21-12-9-7-8-11-20-13-10-15-23-18-17-22-4;1-15(2,3)20(4,5)19-14-13-18-11-8-6-7-10-17-12-9-16;1-9-6-7-10-5-3-2-4-8/h20-21H,7-18H2,1-6H3;17-18H,6-14,16H2,1-5H3;4H,2-3,5-7H2,1H3. The van der Waals surface area contributed by atoms with Gasteiger partial charge in [-0.3, -0.25) is 0 Å². The van der Waals surface area contributed by atoms with Gasteiger partial charge < -0.3 is 59.6 Å². The second-order valence-corrected chi connectivity index (χ2v) is 26.6. The fourth-order valence-electron chi connectivity index (χ4n) is 4.20. The highest BCUT2D eigenvalue weighted by Gasteiger charge is 2.37. The average molecular weight is 826 g/mol. The van der Waals surface area contributed by atoms with E-state index in [1.54, 1.807) is 14.2 Å². The van der Waals surface area contributed by atoms with Crippen molar-refractivity contribution in [2.45, 2.75) is 136 Å². The Kier molecular flexibility index (Phi) is 43.4. The number of aldehydes is 1. The zero-order valence-corrected chi connectivity index (χ0v) is 40.4. The van der Waals surface area contributed by atoms with Crippen molar-refractivity contribution in [1.29, 1.82) is 0 Å². The van der Waals surface area contributed by atoms with Crippen LogP contribution in [-0.4, -0.2) is 149 Å². The monoisotopic (exact) mass is 826 g/mol. The van der Waals surface area contributed by atoms with Crippen LogP contribution in [0.4, 0.5) is 0 Å². The summed E-state index contributed by atoms with van der Waals surface area (Å²) in [6.07, 6.45) is 10.9. The second kappa shape index (κ2) is 40.4. The minimum absolute atomic E-state index is 0.302. The zero-order valence-electron chi connectivity index (χ0n) is 38.4. The van der Waals surface area contributed by atoms with Gasteiger partial charge in [0, 0.05) is 73.2 Å². The van der Waals surface area contributed by atoms with Gasteiger partial charge >= 0.3 is 0 Å². The molecule has 0 radical (unpaired) electrons. The third-order valence-corrected chi connectivity index (χ3v) is 19.0. The third kappa shape index (κ3) is 43.1. The lowest BCUT2D eigenvalue weighted by atomic mass is 10.2. The summed E-state index contributed by atoms with van der Waals surface area (Å²) < 4.78 is 32.5. The maximum Gasteiger partial charge on any atom is 0.192 e. The highest BCUT2D eigenvalue weighted by molar-refractivity contribution is 6.74. The predicted octanol–water partition coefficient (Wildman–Crippen LogP) is 6.36. The van der Waals surface area contributed by atoms with Gasteiger partial charge in [-0.15, -0.1) is 0 Å². The lowest BCUT2D eigenvalue weighted by molar-refractivity contribution is -0.108. The molecule has 0 fully saturated rings. The number of carbonyl (C=O) groups is 1. The minimum atomic E-state index is -1.58. The maximum atomic E-state index is 9.81. The van der Waals surface area contributed by atoms with Crippen molar-refractivity contribution in [3.05, 3.63) is 0 Å². The Morgan fingerprint density at radius 2 is 0.836 bits per heavy atom. The van der Waals surface area contributed by atoms with Crippen LogP contribution in [0.25, 0.3) is 0 Å². The van der Waals surface area contributed by atoms with Crippen LogP contribution in [0.15, 0.2) is 0 Å². The van der Waals surface area contributed by atoms with E-state index >= 15 is 0 Å². The smallest absolute Gasteiger partial charge is 0.192 e. The number of hydrogen-bond donors (Lipinski definition) is 5. The zero-order chi connectivity index (χ0) is 42.2. The molecule has 0 atom stereocenters. The normalized spacial score (nSPS) is 12.2. The molecule has 0 saturated carbocycles. The van der Waals surface area contributed by atoms with Crippen LogP contribution in [0.5, 0.6) is 0 Å². The van der Waals surface area contributed by atoms with Crippen LogP contribution in [0.1, 0.15) is 99.3 Å². The molecule has 0 rings (SSSR count). The van der Waals surface area contributed by atoms with E-state index < -0.39 is 16.6 Å². The first-order valence-electron chi connectivity index (χ1n) is 21.4. The van der Waals surface area contributed by atoms with Crippen molar-refractivity contribution in [2.75, 3.05) is 126 Å². The highest BCUT2D eigenvalue weighted by atomic mass is 28.4. The molecule has 6 N–H and O–H groups in total. The van der Waals surface area contributed by atoms with E-state index in [9.17, 15) is 4.79 Å². The molecule has 55 heavy (non-hydrogen) atoms. The highest BCUT2D eigenvalue weighted by Crippen LogP contribution is 2.37. The summed E-state index contributed by atoms with van der Waals surface area (Å²) in [6.45, 7) is 37.7. The minimum Gasteiger partial charge on any atom is -0.416 e. The first-order chi connectivity index (χ1) is 26.0. The van der Waals surface area contributed by atoms with Crippen LogP contribution in [0, 0.1) is 0 Å². The maximum absolute atomic E-state index is 9.81. The first-order valence-corrected chi connectivity index (χ1v) is 27.2. The van der Waals surface area contributed by atoms with Crippen molar-refractivity contribution >= 4 is 22.9 Å². The third-order valence-electron chi connectivity index (χ3n) is 9.95. The fraction of sp³-hybridized carbons (Fsp3) is 0.976. The van der Waals surface area contributed by atoms with Gasteiger partial charge in [-0.1, -0.05) is 54.4 Å². The number of methoxy groups -OCH3 is 2. The van der Waals surface area contributed by atoms with Gasteiger partial charge in [0.05, 0.1) is 26.4 Å². The van der Waals surface area contributed by atoms with E-state index in [0.717, 1.165) is 97.9 Å². The van der Waals surface area contributed by atoms with Gasteiger partial charge in [-0.2, -0.15) is 0 Å². The number of rotatable bonds is 36. The molecule has 334 valence electrons.